The van der Waals surface area contributed by atoms with Gasteiger partial charge in [0.15, 0.2) is 5.78 Å². The van der Waals surface area contributed by atoms with E-state index in [9.17, 15) is 14.4 Å². The maximum atomic E-state index is 13.1. The van der Waals surface area contributed by atoms with Crippen LogP contribution in [-0.4, -0.2) is 33.5 Å². The van der Waals surface area contributed by atoms with Gasteiger partial charge in [-0.2, -0.15) is 0 Å². The van der Waals surface area contributed by atoms with Crippen LogP contribution in [0.4, 0.5) is 5.82 Å². The monoisotopic (exact) mass is 433 g/mol. The van der Waals surface area contributed by atoms with Crippen molar-refractivity contribution < 1.29 is 14.4 Å². The molecule has 6 nitrogen and oxygen atoms in total. The van der Waals surface area contributed by atoms with Gasteiger partial charge in [0.25, 0.3) is 11.8 Å². The highest BCUT2D eigenvalue weighted by Crippen LogP contribution is 2.25. The van der Waals surface area contributed by atoms with Crippen LogP contribution in [0.5, 0.6) is 0 Å². The van der Waals surface area contributed by atoms with Gasteiger partial charge >= 0.3 is 0 Å². The Morgan fingerprint density at radius 2 is 1.90 bits per heavy atom. The van der Waals surface area contributed by atoms with Gasteiger partial charge in [0.05, 0.1) is 6.04 Å². The summed E-state index contributed by atoms with van der Waals surface area (Å²) in [4.78, 5) is 43.8. The smallest absolute Gasteiger partial charge is 0.256 e. The lowest BCUT2D eigenvalue weighted by molar-refractivity contribution is -0.122. The third kappa shape index (κ3) is 4.49. The molecule has 0 bridgehead atoms. The number of anilines is 1. The lowest BCUT2D eigenvalue weighted by Crippen LogP contribution is -2.41. The van der Waals surface area contributed by atoms with Gasteiger partial charge in [-0.3, -0.25) is 14.4 Å². The molecule has 7 heteroatoms. The van der Waals surface area contributed by atoms with Crippen molar-refractivity contribution in [2.45, 2.75) is 25.9 Å². The fourth-order valence-corrected chi connectivity index (χ4v) is 3.74. The maximum Gasteiger partial charge on any atom is 0.256 e. The van der Waals surface area contributed by atoms with Crippen molar-refractivity contribution in [2.75, 3.05) is 5.32 Å². The van der Waals surface area contributed by atoms with E-state index < -0.39 is 6.04 Å². The Balaban J connectivity index is 1.52. The van der Waals surface area contributed by atoms with Crippen molar-refractivity contribution in [3.63, 3.8) is 0 Å². The third-order valence-corrected chi connectivity index (χ3v) is 5.57. The van der Waals surface area contributed by atoms with Gasteiger partial charge < -0.3 is 10.2 Å². The summed E-state index contributed by atoms with van der Waals surface area (Å²) in [6.07, 6.45) is 1.78. The van der Waals surface area contributed by atoms with Gasteiger partial charge in [-0.15, -0.1) is 0 Å². The quantitative estimate of drug-likeness (QED) is 0.670. The number of pyridine rings is 1. The van der Waals surface area contributed by atoms with Crippen LogP contribution < -0.4 is 5.32 Å². The molecule has 0 aliphatic carbocycles. The number of hydrogen-bond acceptors (Lipinski definition) is 4. The van der Waals surface area contributed by atoms with Crippen molar-refractivity contribution in [2.24, 2.45) is 0 Å². The van der Waals surface area contributed by atoms with E-state index in [-0.39, 0.29) is 30.6 Å². The summed E-state index contributed by atoms with van der Waals surface area (Å²) in [5, 5.41) is 3.23. The Labute approximate surface area is 184 Å². The summed E-state index contributed by atoms with van der Waals surface area (Å²) in [5.74, 6) is -0.0500. The minimum atomic E-state index is -0.564. The first kappa shape index (κ1) is 20.8. The normalized spacial score (nSPS) is 15.9. The number of nitrogens with zero attached hydrogens (tertiary/aromatic N) is 2. The zero-order chi connectivity index (χ0) is 22.0. The highest BCUT2D eigenvalue weighted by atomic mass is 35.5. The lowest BCUT2D eigenvalue weighted by atomic mass is 10.0. The maximum absolute atomic E-state index is 13.1. The summed E-state index contributed by atoms with van der Waals surface area (Å²) in [6, 6.07) is 16.7. The minimum Gasteiger partial charge on any atom is -0.325 e. The van der Waals surface area contributed by atoms with E-state index in [4.69, 9.17) is 11.6 Å². The number of ketones is 1. The van der Waals surface area contributed by atoms with E-state index >= 15 is 0 Å². The number of rotatable bonds is 4. The molecule has 0 saturated carbocycles. The molecular weight excluding hydrogens is 414 g/mol. The second kappa shape index (κ2) is 8.70. The van der Waals surface area contributed by atoms with E-state index in [2.05, 4.69) is 10.3 Å². The number of fused-ring (bicyclic) bond motifs is 1. The largest absolute Gasteiger partial charge is 0.325 e. The highest BCUT2D eigenvalue weighted by molar-refractivity contribution is 6.30. The van der Waals surface area contributed by atoms with Crippen molar-refractivity contribution in [1.29, 1.82) is 0 Å². The van der Waals surface area contributed by atoms with E-state index in [1.165, 1.54) is 0 Å². The second-order valence-corrected chi connectivity index (χ2v) is 7.86. The molecule has 156 valence electrons. The molecule has 1 aliphatic heterocycles. The molecule has 1 N–H and O–H groups in total. The molecule has 0 unspecified atom stereocenters. The van der Waals surface area contributed by atoms with Gasteiger partial charge in [-0.1, -0.05) is 29.8 Å². The molecule has 1 aromatic heterocycles. The van der Waals surface area contributed by atoms with Crippen LogP contribution in [0, 0.1) is 0 Å². The van der Waals surface area contributed by atoms with Crippen LogP contribution in [0.3, 0.4) is 0 Å². The fraction of sp³-hybridized carbons (Fsp3) is 0.167. The van der Waals surface area contributed by atoms with Crippen molar-refractivity contribution in [3.05, 3.63) is 94.1 Å². The molecule has 2 heterocycles. The van der Waals surface area contributed by atoms with Crippen molar-refractivity contribution >= 4 is 35.0 Å². The van der Waals surface area contributed by atoms with Crippen molar-refractivity contribution in [1.82, 2.24) is 9.88 Å². The molecule has 2 amide bonds. The molecule has 0 saturated heterocycles. The molecule has 0 radical (unpaired) electrons. The summed E-state index contributed by atoms with van der Waals surface area (Å²) >= 11 is 6.05. The Morgan fingerprint density at radius 1 is 1.13 bits per heavy atom. The molecule has 4 rings (SSSR count). The number of benzene rings is 2. The topological polar surface area (TPSA) is 79.4 Å². The summed E-state index contributed by atoms with van der Waals surface area (Å²) in [5.41, 5.74) is 2.44. The van der Waals surface area contributed by atoms with E-state index in [0.29, 0.717) is 27.5 Å². The Kier molecular flexibility index (Phi) is 5.82. The molecular formula is C24H20ClN3O3. The number of nitrogens with one attached hydrogen (secondary N) is 1. The van der Waals surface area contributed by atoms with Crippen LogP contribution in [0.25, 0.3) is 0 Å². The molecule has 3 aromatic rings. The Morgan fingerprint density at radius 3 is 2.61 bits per heavy atom. The molecule has 31 heavy (non-hydrogen) atoms. The number of aromatic nitrogens is 1. The van der Waals surface area contributed by atoms with Crippen LogP contribution >= 0.6 is 11.6 Å². The SMILES string of the molecule is C[C@@H]1C(=O)Cc2cc(Cl)ccc2C(=O)N1Cc1ccc(C(=O)Nc2ccccn2)cc1. The number of amides is 2. The molecule has 0 spiro atoms. The van der Waals surface area contributed by atoms with Crippen LogP contribution in [0.2, 0.25) is 5.02 Å². The Hall–Kier alpha value is -3.51. The summed E-state index contributed by atoms with van der Waals surface area (Å²) in [6.45, 7) is 2.00. The van der Waals surface area contributed by atoms with Gasteiger partial charge in [-0.05, 0) is 60.5 Å². The predicted octanol–water partition coefficient (Wildman–Crippen LogP) is 4.14. The van der Waals surface area contributed by atoms with Gasteiger partial charge in [0, 0.05) is 35.3 Å². The van der Waals surface area contributed by atoms with Crippen molar-refractivity contribution in [3.8, 4) is 0 Å². The summed E-state index contributed by atoms with van der Waals surface area (Å²) < 4.78 is 0. The number of carbonyl (C=O) groups is 3. The van der Waals surface area contributed by atoms with Crippen LogP contribution in [0.1, 0.15) is 38.8 Å². The number of carbonyl (C=O) groups excluding carboxylic acids is 3. The van der Waals surface area contributed by atoms with Gasteiger partial charge in [-0.25, -0.2) is 4.98 Å². The zero-order valence-corrected chi connectivity index (χ0v) is 17.6. The first-order valence-electron chi connectivity index (χ1n) is 9.86. The van der Waals surface area contributed by atoms with Crippen LogP contribution in [0.15, 0.2) is 66.9 Å². The first-order chi connectivity index (χ1) is 14.9. The Bertz CT molecular complexity index is 1150. The van der Waals surface area contributed by atoms with Crippen LogP contribution in [-0.2, 0) is 17.8 Å². The van der Waals surface area contributed by atoms with E-state index in [0.717, 1.165) is 5.56 Å². The molecule has 0 fully saturated rings. The van der Waals surface area contributed by atoms with E-state index in [1.54, 1.807) is 78.7 Å². The lowest BCUT2D eigenvalue weighted by Gasteiger charge is -2.26. The molecule has 1 atom stereocenters. The van der Waals surface area contributed by atoms with E-state index in [1.807, 2.05) is 0 Å². The average Bonchev–Trinajstić information content (AvgIpc) is 2.85. The third-order valence-electron chi connectivity index (χ3n) is 5.33. The zero-order valence-electron chi connectivity index (χ0n) is 16.8. The van der Waals surface area contributed by atoms with Gasteiger partial charge in [0.2, 0.25) is 0 Å². The number of halogens is 1. The molecule has 1 aliphatic rings. The standard InChI is InChI=1S/C24H20ClN3O3/c1-15-21(29)13-18-12-19(25)9-10-20(18)24(31)28(15)14-16-5-7-17(8-6-16)23(30)27-22-4-2-3-11-26-22/h2-12,15H,13-14H2,1H3,(H,26,27,30)/t15-/m1/s1. The average molecular weight is 434 g/mol. The number of Topliss-reactive ketones (excluding diaryl/α,β-unsaturated/α-hetero) is 1. The number of hydrogen-bond donors (Lipinski definition) is 1. The second-order valence-electron chi connectivity index (χ2n) is 7.42. The van der Waals surface area contributed by atoms with Gasteiger partial charge in [0.1, 0.15) is 5.82 Å². The fourth-order valence-electron chi connectivity index (χ4n) is 3.55. The first-order valence-corrected chi connectivity index (χ1v) is 10.2. The summed E-state index contributed by atoms with van der Waals surface area (Å²) in [7, 11) is 0. The predicted molar refractivity (Wildman–Crippen MR) is 118 cm³/mol. The molecule has 2 aromatic carbocycles. The highest BCUT2D eigenvalue weighted by Gasteiger charge is 2.32. The minimum absolute atomic E-state index is 0.0410.